The number of methoxy groups -OCH3 is 3. The van der Waals surface area contributed by atoms with E-state index < -0.39 is 0 Å². The highest BCUT2D eigenvalue weighted by molar-refractivity contribution is 6.14. The van der Waals surface area contributed by atoms with Crippen molar-refractivity contribution in [2.24, 2.45) is 0 Å². The zero-order chi connectivity index (χ0) is 23.4. The van der Waals surface area contributed by atoms with Gasteiger partial charge in [-0.05, 0) is 47.0 Å². The number of benzene rings is 3. The summed E-state index contributed by atoms with van der Waals surface area (Å²) >= 11 is 0. The van der Waals surface area contributed by atoms with E-state index in [2.05, 4.69) is 6.58 Å². The molecule has 168 valence electrons. The number of hydrogen-bond donors (Lipinski definition) is 0. The van der Waals surface area contributed by atoms with Gasteiger partial charge in [0.05, 0.1) is 26.9 Å². The van der Waals surface area contributed by atoms with Gasteiger partial charge < -0.3 is 23.7 Å². The summed E-state index contributed by atoms with van der Waals surface area (Å²) in [6, 6.07) is 16.6. The highest BCUT2D eigenvalue weighted by atomic mass is 16.5. The van der Waals surface area contributed by atoms with Gasteiger partial charge in [0.25, 0.3) is 0 Å². The highest BCUT2D eigenvalue weighted by Gasteiger charge is 2.28. The van der Waals surface area contributed by atoms with Crippen LogP contribution in [-0.2, 0) is 6.61 Å². The maximum Gasteiger partial charge on any atom is 0.231 e. The lowest BCUT2D eigenvalue weighted by molar-refractivity contribution is 0.101. The van der Waals surface area contributed by atoms with Crippen molar-refractivity contribution >= 4 is 17.9 Å². The van der Waals surface area contributed by atoms with Crippen LogP contribution in [0.4, 0.5) is 0 Å². The maximum atomic E-state index is 12.9. The Morgan fingerprint density at radius 2 is 1.58 bits per heavy atom. The molecule has 6 nitrogen and oxygen atoms in total. The molecule has 1 aliphatic heterocycles. The number of allylic oxidation sites excluding steroid dienone is 1. The summed E-state index contributed by atoms with van der Waals surface area (Å²) in [7, 11) is 4.61. The molecule has 0 aliphatic carbocycles. The minimum atomic E-state index is -0.203. The molecule has 0 fully saturated rings. The van der Waals surface area contributed by atoms with Gasteiger partial charge in [0.15, 0.2) is 17.3 Å². The van der Waals surface area contributed by atoms with Crippen molar-refractivity contribution in [3.8, 4) is 28.7 Å². The summed E-state index contributed by atoms with van der Waals surface area (Å²) in [5.41, 5.74) is 3.24. The molecule has 1 heterocycles. The zero-order valence-corrected chi connectivity index (χ0v) is 18.7. The number of carbonyl (C=O) groups is 1. The van der Waals surface area contributed by atoms with Gasteiger partial charge >= 0.3 is 0 Å². The van der Waals surface area contributed by atoms with E-state index in [0.29, 0.717) is 46.5 Å². The normalized spacial score (nSPS) is 13.3. The van der Waals surface area contributed by atoms with E-state index in [1.165, 1.54) is 21.3 Å². The van der Waals surface area contributed by atoms with E-state index in [0.717, 1.165) is 11.1 Å². The summed E-state index contributed by atoms with van der Waals surface area (Å²) in [6.45, 7) is 4.16. The molecule has 0 saturated carbocycles. The van der Waals surface area contributed by atoms with Crippen molar-refractivity contribution in [2.75, 3.05) is 21.3 Å². The molecule has 3 aromatic carbocycles. The topological polar surface area (TPSA) is 63.2 Å². The quantitative estimate of drug-likeness (QED) is 0.425. The number of hydrogen-bond acceptors (Lipinski definition) is 6. The van der Waals surface area contributed by atoms with Crippen LogP contribution in [0.1, 0.15) is 27.0 Å². The minimum Gasteiger partial charge on any atom is -0.493 e. The van der Waals surface area contributed by atoms with Crippen LogP contribution in [0.25, 0.3) is 12.2 Å². The van der Waals surface area contributed by atoms with Gasteiger partial charge in [-0.2, -0.15) is 0 Å². The first-order valence-corrected chi connectivity index (χ1v) is 10.3. The molecule has 0 amide bonds. The Morgan fingerprint density at radius 3 is 2.18 bits per heavy atom. The third-order valence-electron chi connectivity index (χ3n) is 5.25. The Hall–Kier alpha value is -4.19. The van der Waals surface area contributed by atoms with Gasteiger partial charge in [0.2, 0.25) is 11.5 Å². The fourth-order valence-corrected chi connectivity index (χ4v) is 3.51. The van der Waals surface area contributed by atoms with Crippen molar-refractivity contribution < 1.29 is 28.5 Å². The van der Waals surface area contributed by atoms with Crippen LogP contribution < -0.4 is 23.7 Å². The Morgan fingerprint density at radius 1 is 0.879 bits per heavy atom. The molecule has 4 rings (SSSR count). The molecule has 0 unspecified atom stereocenters. The Bertz CT molecular complexity index is 1200. The molecule has 0 spiro atoms. The van der Waals surface area contributed by atoms with E-state index in [4.69, 9.17) is 23.7 Å². The standard InChI is InChI=1S/C27H24O6/c1-5-17-6-8-18(9-7-17)16-32-20-10-11-21-22(15-20)33-23(26(21)28)12-19-13-24(29-2)27(31-4)25(14-19)30-3/h5-15H,1,16H2,2-4H3/b23-12-. The number of rotatable bonds is 8. The molecule has 1 aliphatic rings. The SMILES string of the molecule is C=Cc1ccc(COc2ccc3c(c2)O/C(=C\c2cc(OC)c(OC)c(OC)c2)C3=O)cc1. The number of fused-ring (bicyclic) bond motifs is 1. The largest absolute Gasteiger partial charge is 0.493 e. The average molecular weight is 444 g/mol. The molecule has 0 N–H and O–H groups in total. The molecular weight excluding hydrogens is 420 g/mol. The van der Waals surface area contributed by atoms with Crippen molar-refractivity contribution in [3.05, 3.63) is 89.2 Å². The molecule has 0 saturated heterocycles. The van der Waals surface area contributed by atoms with Gasteiger partial charge in [0, 0.05) is 6.07 Å². The van der Waals surface area contributed by atoms with Crippen molar-refractivity contribution in [3.63, 3.8) is 0 Å². The van der Waals surface area contributed by atoms with Gasteiger partial charge in [0.1, 0.15) is 18.1 Å². The van der Waals surface area contributed by atoms with Crippen molar-refractivity contribution in [1.82, 2.24) is 0 Å². The average Bonchev–Trinajstić information content (AvgIpc) is 3.16. The summed E-state index contributed by atoms with van der Waals surface area (Å²) in [4.78, 5) is 12.9. The Labute approximate surface area is 192 Å². The first-order chi connectivity index (χ1) is 16.1. The molecule has 0 radical (unpaired) electrons. The van der Waals surface area contributed by atoms with Crippen LogP contribution in [0.5, 0.6) is 28.7 Å². The number of Topliss-reactive ketones (excluding diaryl/α,β-unsaturated/α-hetero) is 1. The van der Waals surface area contributed by atoms with E-state index in [1.54, 1.807) is 42.5 Å². The van der Waals surface area contributed by atoms with Crippen LogP contribution in [0.15, 0.2) is 66.9 Å². The molecule has 33 heavy (non-hydrogen) atoms. The van der Waals surface area contributed by atoms with Gasteiger partial charge in [-0.1, -0.05) is 36.9 Å². The molecule has 0 atom stereocenters. The second-order valence-corrected chi connectivity index (χ2v) is 7.29. The first kappa shape index (κ1) is 22.0. The maximum absolute atomic E-state index is 12.9. The smallest absolute Gasteiger partial charge is 0.231 e. The van der Waals surface area contributed by atoms with Crippen molar-refractivity contribution in [2.45, 2.75) is 6.61 Å². The van der Waals surface area contributed by atoms with Crippen LogP contribution in [0.3, 0.4) is 0 Å². The van der Waals surface area contributed by atoms with Gasteiger partial charge in [-0.15, -0.1) is 0 Å². The number of carbonyl (C=O) groups excluding carboxylic acids is 1. The predicted molar refractivity (Wildman–Crippen MR) is 126 cm³/mol. The molecule has 3 aromatic rings. The van der Waals surface area contributed by atoms with Crippen LogP contribution in [0.2, 0.25) is 0 Å². The summed E-state index contributed by atoms with van der Waals surface area (Å²) < 4.78 is 27.9. The lowest BCUT2D eigenvalue weighted by Gasteiger charge is -2.13. The number of ketones is 1. The fraction of sp³-hybridized carbons (Fsp3) is 0.148. The molecule has 0 aromatic heterocycles. The summed E-state index contributed by atoms with van der Waals surface area (Å²) in [5, 5.41) is 0. The van der Waals surface area contributed by atoms with Crippen LogP contribution >= 0.6 is 0 Å². The summed E-state index contributed by atoms with van der Waals surface area (Å²) in [5.74, 6) is 2.53. The second-order valence-electron chi connectivity index (χ2n) is 7.29. The highest BCUT2D eigenvalue weighted by Crippen LogP contribution is 2.40. The van der Waals surface area contributed by atoms with Crippen LogP contribution in [-0.4, -0.2) is 27.1 Å². The van der Waals surface area contributed by atoms with Crippen molar-refractivity contribution in [1.29, 1.82) is 0 Å². The summed E-state index contributed by atoms with van der Waals surface area (Å²) in [6.07, 6.45) is 3.44. The molecular formula is C27H24O6. The number of ether oxygens (including phenoxy) is 5. The van der Waals surface area contributed by atoms with Gasteiger partial charge in [-0.25, -0.2) is 0 Å². The van der Waals surface area contributed by atoms with E-state index in [-0.39, 0.29) is 11.5 Å². The predicted octanol–water partition coefficient (Wildman–Crippen LogP) is 5.55. The minimum absolute atomic E-state index is 0.203. The first-order valence-electron chi connectivity index (χ1n) is 10.3. The van der Waals surface area contributed by atoms with E-state index in [9.17, 15) is 4.79 Å². The van der Waals surface area contributed by atoms with Crippen LogP contribution in [0, 0.1) is 0 Å². The Kier molecular flexibility index (Phi) is 6.36. The van der Waals surface area contributed by atoms with E-state index >= 15 is 0 Å². The monoisotopic (exact) mass is 444 g/mol. The third-order valence-corrected chi connectivity index (χ3v) is 5.25. The second kappa shape index (κ2) is 9.53. The van der Waals surface area contributed by atoms with E-state index in [1.807, 2.05) is 24.3 Å². The fourth-order valence-electron chi connectivity index (χ4n) is 3.51. The van der Waals surface area contributed by atoms with Gasteiger partial charge in [-0.3, -0.25) is 4.79 Å². The molecule has 0 bridgehead atoms. The third kappa shape index (κ3) is 4.55. The lowest BCUT2D eigenvalue weighted by Crippen LogP contribution is -1.99. The lowest BCUT2D eigenvalue weighted by atomic mass is 10.1. The Balaban J connectivity index is 1.53. The zero-order valence-electron chi connectivity index (χ0n) is 18.7. The molecule has 6 heteroatoms.